The summed E-state index contributed by atoms with van der Waals surface area (Å²) in [7, 11) is 1.58. The molecule has 1 fully saturated rings. The lowest BCUT2D eigenvalue weighted by Gasteiger charge is -2.20. The lowest BCUT2D eigenvalue weighted by atomic mass is 10.1. The molecule has 1 aliphatic rings. The highest BCUT2D eigenvalue weighted by molar-refractivity contribution is 5.99. The number of methoxy groups -OCH3 is 1. The largest absolute Gasteiger partial charge is 0.496 e. The number of likely N-dealkylation sites (tertiary alicyclic amines) is 1. The Bertz CT molecular complexity index is 466. The lowest BCUT2D eigenvalue weighted by molar-refractivity contribution is 0.277. The summed E-state index contributed by atoms with van der Waals surface area (Å²) < 4.78 is 5.25. The van der Waals surface area contributed by atoms with Crippen LogP contribution in [0.3, 0.4) is 0 Å². The van der Waals surface area contributed by atoms with Crippen LogP contribution in [0.2, 0.25) is 0 Å². The van der Waals surface area contributed by atoms with Crippen LogP contribution >= 0.6 is 0 Å². The van der Waals surface area contributed by atoms with Crippen molar-refractivity contribution < 1.29 is 9.94 Å². The minimum absolute atomic E-state index is 0.0829. The van der Waals surface area contributed by atoms with E-state index in [1.54, 1.807) is 7.11 Å². The van der Waals surface area contributed by atoms with Gasteiger partial charge in [-0.2, -0.15) is 0 Å². The fourth-order valence-electron chi connectivity index (χ4n) is 2.66. The van der Waals surface area contributed by atoms with Gasteiger partial charge in [0, 0.05) is 6.54 Å². The van der Waals surface area contributed by atoms with E-state index in [1.165, 1.54) is 25.7 Å². The predicted octanol–water partition coefficient (Wildman–Crippen LogP) is 2.17. The van der Waals surface area contributed by atoms with E-state index < -0.39 is 0 Å². The minimum Gasteiger partial charge on any atom is -0.496 e. The van der Waals surface area contributed by atoms with Crippen LogP contribution < -0.4 is 10.5 Å². The van der Waals surface area contributed by atoms with Gasteiger partial charge in [-0.15, -0.1) is 0 Å². The molecule has 0 bridgehead atoms. The van der Waals surface area contributed by atoms with Crippen LogP contribution in [0.4, 0.5) is 0 Å². The Balaban J connectivity index is 2.15. The normalized spacial score (nSPS) is 17.8. The third kappa shape index (κ3) is 3.63. The molecule has 1 aromatic rings. The van der Waals surface area contributed by atoms with Gasteiger partial charge in [-0.25, -0.2) is 0 Å². The molecule has 1 aliphatic heterocycles. The molecule has 110 valence electrons. The van der Waals surface area contributed by atoms with E-state index >= 15 is 0 Å². The second-order valence-corrected chi connectivity index (χ2v) is 5.21. The van der Waals surface area contributed by atoms with Crippen LogP contribution in [0.25, 0.3) is 0 Å². The standard InChI is InChI=1S/C15H23N3O2/c1-20-14-7-6-12(10-13(14)15(16)17-19)11-18-8-4-2-3-5-9-18/h6-7,10,19H,2-5,8-9,11H2,1H3,(H2,16,17). The third-order valence-electron chi connectivity index (χ3n) is 3.75. The highest BCUT2D eigenvalue weighted by Gasteiger charge is 2.13. The lowest BCUT2D eigenvalue weighted by Crippen LogP contribution is -2.24. The molecule has 0 amide bonds. The number of ether oxygens (including phenoxy) is 1. The van der Waals surface area contributed by atoms with Crippen molar-refractivity contribution in [3.63, 3.8) is 0 Å². The number of rotatable bonds is 4. The van der Waals surface area contributed by atoms with E-state index in [0.29, 0.717) is 11.3 Å². The first-order chi connectivity index (χ1) is 9.74. The number of hydrogen-bond acceptors (Lipinski definition) is 4. The maximum atomic E-state index is 8.85. The number of nitrogens with zero attached hydrogens (tertiary/aromatic N) is 2. The second-order valence-electron chi connectivity index (χ2n) is 5.21. The monoisotopic (exact) mass is 277 g/mol. The van der Waals surface area contributed by atoms with Gasteiger partial charge in [0.2, 0.25) is 0 Å². The molecule has 1 aromatic carbocycles. The Morgan fingerprint density at radius 3 is 2.60 bits per heavy atom. The summed E-state index contributed by atoms with van der Waals surface area (Å²) in [6, 6.07) is 5.86. The number of amidine groups is 1. The highest BCUT2D eigenvalue weighted by atomic mass is 16.5. The summed E-state index contributed by atoms with van der Waals surface area (Å²) in [5.74, 6) is 0.708. The van der Waals surface area contributed by atoms with Gasteiger partial charge >= 0.3 is 0 Å². The van der Waals surface area contributed by atoms with E-state index in [2.05, 4.69) is 10.1 Å². The Morgan fingerprint density at radius 1 is 1.30 bits per heavy atom. The van der Waals surface area contributed by atoms with E-state index in [4.69, 9.17) is 15.7 Å². The van der Waals surface area contributed by atoms with Crippen molar-refractivity contribution in [2.24, 2.45) is 10.9 Å². The summed E-state index contributed by atoms with van der Waals surface area (Å²) in [4.78, 5) is 2.46. The zero-order chi connectivity index (χ0) is 14.4. The molecule has 0 aliphatic carbocycles. The maximum absolute atomic E-state index is 8.85. The Labute approximate surface area is 120 Å². The SMILES string of the molecule is COc1ccc(CN2CCCCCC2)cc1C(N)=NO. The van der Waals surface area contributed by atoms with Crippen molar-refractivity contribution in [3.8, 4) is 5.75 Å². The number of nitrogens with two attached hydrogens (primary N) is 1. The molecule has 0 atom stereocenters. The van der Waals surface area contributed by atoms with Crippen LogP contribution in [0, 0.1) is 0 Å². The molecule has 1 heterocycles. The van der Waals surface area contributed by atoms with Gasteiger partial charge in [0.05, 0.1) is 12.7 Å². The van der Waals surface area contributed by atoms with E-state index in [9.17, 15) is 0 Å². The van der Waals surface area contributed by atoms with Crippen molar-refractivity contribution in [3.05, 3.63) is 29.3 Å². The third-order valence-corrected chi connectivity index (χ3v) is 3.75. The van der Waals surface area contributed by atoms with Gasteiger partial charge in [0.15, 0.2) is 5.84 Å². The Kier molecular flexibility index (Phi) is 5.24. The van der Waals surface area contributed by atoms with Crippen molar-refractivity contribution in [2.75, 3.05) is 20.2 Å². The summed E-state index contributed by atoms with van der Waals surface area (Å²) in [5.41, 5.74) is 7.51. The maximum Gasteiger partial charge on any atom is 0.173 e. The van der Waals surface area contributed by atoms with E-state index in [-0.39, 0.29) is 5.84 Å². The Morgan fingerprint density at radius 2 is 2.00 bits per heavy atom. The fourth-order valence-corrected chi connectivity index (χ4v) is 2.66. The molecule has 1 saturated heterocycles. The van der Waals surface area contributed by atoms with Crippen molar-refractivity contribution >= 4 is 5.84 Å². The predicted molar refractivity (Wildman–Crippen MR) is 79.2 cm³/mol. The van der Waals surface area contributed by atoms with Crippen LogP contribution in [-0.4, -0.2) is 36.1 Å². The zero-order valence-corrected chi connectivity index (χ0v) is 12.0. The van der Waals surface area contributed by atoms with Crippen LogP contribution in [-0.2, 0) is 6.54 Å². The molecule has 2 rings (SSSR count). The molecule has 3 N–H and O–H groups in total. The first-order valence-corrected chi connectivity index (χ1v) is 7.11. The number of oxime groups is 1. The average molecular weight is 277 g/mol. The van der Waals surface area contributed by atoms with Crippen molar-refractivity contribution in [2.45, 2.75) is 32.2 Å². The van der Waals surface area contributed by atoms with Crippen molar-refractivity contribution in [1.29, 1.82) is 0 Å². The summed E-state index contributed by atoms with van der Waals surface area (Å²) in [5, 5.41) is 11.9. The topological polar surface area (TPSA) is 71.1 Å². The quantitative estimate of drug-likeness (QED) is 0.383. The molecule has 5 heteroatoms. The molecule has 5 nitrogen and oxygen atoms in total. The first-order valence-electron chi connectivity index (χ1n) is 7.11. The van der Waals surface area contributed by atoms with Crippen molar-refractivity contribution in [1.82, 2.24) is 4.90 Å². The minimum atomic E-state index is 0.0829. The number of hydrogen-bond donors (Lipinski definition) is 2. The molecule has 0 unspecified atom stereocenters. The second kappa shape index (κ2) is 7.14. The molecule has 0 radical (unpaired) electrons. The first kappa shape index (κ1) is 14.7. The summed E-state index contributed by atoms with van der Waals surface area (Å²) in [6.07, 6.45) is 5.19. The smallest absolute Gasteiger partial charge is 0.173 e. The van der Waals surface area contributed by atoms with E-state index in [0.717, 1.165) is 25.2 Å². The number of benzene rings is 1. The van der Waals surface area contributed by atoms with Crippen LogP contribution in [0.5, 0.6) is 5.75 Å². The molecule has 0 aromatic heterocycles. The fraction of sp³-hybridized carbons (Fsp3) is 0.533. The van der Waals surface area contributed by atoms with Gasteiger partial charge in [-0.05, 0) is 43.6 Å². The van der Waals surface area contributed by atoms with Gasteiger partial charge in [-0.3, -0.25) is 4.90 Å². The molecule has 0 saturated carbocycles. The van der Waals surface area contributed by atoms with Crippen LogP contribution in [0.15, 0.2) is 23.4 Å². The Hall–Kier alpha value is -1.75. The zero-order valence-electron chi connectivity index (χ0n) is 12.0. The molecule has 0 spiro atoms. The van der Waals surface area contributed by atoms with Crippen LogP contribution in [0.1, 0.15) is 36.8 Å². The van der Waals surface area contributed by atoms with Gasteiger partial charge in [0.1, 0.15) is 5.75 Å². The average Bonchev–Trinajstić information content (AvgIpc) is 2.75. The molecular weight excluding hydrogens is 254 g/mol. The van der Waals surface area contributed by atoms with Gasteiger partial charge in [-0.1, -0.05) is 24.1 Å². The van der Waals surface area contributed by atoms with Gasteiger partial charge in [0.25, 0.3) is 0 Å². The highest BCUT2D eigenvalue weighted by Crippen LogP contribution is 2.21. The van der Waals surface area contributed by atoms with Gasteiger partial charge < -0.3 is 15.7 Å². The molecular formula is C15H23N3O2. The van der Waals surface area contributed by atoms with E-state index in [1.807, 2.05) is 18.2 Å². The molecule has 20 heavy (non-hydrogen) atoms. The summed E-state index contributed by atoms with van der Waals surface area (Å²) >= 11 is 0. The summed E-state index contributed by atoms with van der Waals surface area (Å²) in [6.45, 7) is 3.19.